The number of nitrogen functional groups attached to an aromatic ring is 1. The maximum atomic E-state index is 16.1. The van der Waals surface area contributed by atoms with E-state index >= 15 is 4.39 Å². The molecule has 1 unspecified atom stereocenters. The lowest BCUT2D eigenvalue weighted by molar-refractivity contribution is -0.0289. The number of para-hydroxylation sites is 1. The highest BCUT2D eigenvalue weighted by atomic mass is 19.1. The van der Waals surface area contributed by atoms with Gasteiger partial charge < -0.3 is 20.1 Å². The topological polar surface area (TPSA) is 115 Å². The van der Waals surface area contributed by atoms with Crippen LogP contribution in [0.25, 0.3) is 22.3 Å². The second-order valence-corrected chi connectivity index (χ2v) is 13.9. The standard InChI is InChI=1S/C35H43FN8O3/c1-35(2,3)47-34(45)43-19-25(20-43)41-16-13-24(14-17-41)42-18-15-29(28(36)21-42)44-33-30(32(37)38-22-39-33)31(40-44)23-9-11-27(12-10-23)46-26-7-5-4-6-8-26/h4-12,22,24-25,28-29H,13-21H2,1-3H3,(H2,37,38,39)/t28-,29?/m1/s1. The summed E-state index contributed by atoms with van der Waals surface area (Å²) >= 11 is 0. The monoisotopic (exact) mass is 642 g/mol. The number of nitrogens with two attached hydrogens (primary N) is 1. The summed E-state index contributed by atoms with van der Waals surface area (Å²) in [5.41, 5.74) is 7.88. The molecular weight excluding hydrogens is 599 g/mol. The van der Waals surface area contributed by atoms with Gasteiger partial charge in [-0.3, -0.25) is 9.80 Å². The Morgan fingerprint density at radius 1 is 0.872 bits per heavy atom. The van der Waals surface area contributed by atoms with Crippen molar-refractivity contribution in [1.82, 2.24) is 34.4 Å². The number of halogens is 1. The van der Waals surface area contributed by atoms with E-state index in [-0.39, 0.29) is 6.09 Å². The van der Waals surface area contributed by atoms with Crippen LogP contribution in [0.2, 0.25) is 0 Å². The van der Waals surface area contributed by atoms with Gasteiger partial charge in [-0.2, -0.15) is 5.10 Å². The van der Waals surface area contributed by atoms with E-state index in [1.807, 2.05) is 75.4 Å². The second-order valence-electron chi connectivity index (χ2n) is 13.9. The summed E-state index contributed by atoms with van der Waals surface area (Å²) < 4.78 is 29.3. The SMILES string of the molecule is CC(C)(C)OC(=O)N1CC(N2CCC(N3CCC(n4nc(-c5ccc(Oc6ccccc6)cc5)c5c(N)ncnc54)[C@H](F)C3)CC2)C1. The molecule has 4 aromatic rings. The Morgan fingerprint density at radius 2 is 1.55 bits per heavy atom. The number of carbonyl (C=O) groups excluding carboxylic acids is 1. The highest BCUT2D eigenvalue weighted by Crippen LogP contribution is 2.37. The van der Waals surface area contributed by atoms with Crippen LogP contribution in [0.15, 0.2) is 60.9 Å². The zero-order valence-corrected chi connectivity index (χ0v) is 27.3. The molecule has 248 valence electrons. The second kappa shape index (κ2) is 12.7. The summed E-state index contributed by atoms with van der Waals surface area (Å²) in [7, 11) is 0. The van der Waals surface area contributed by atoms with Crippen molar-refractivity contribution in [2.75, 3.05) is 45.0 Å². The average molecular weight is 643 g/mol. The first-order chi connectivity index (χ1) is 22.6. The van der Waals surface area contributed by atoms with E-state index in [0.29, 0.717) is 66.4 Å². The van der Waals surface area contributed by atoms with E-state index in [0.717, 1.165) is 43.8 Å². The molecule has 12 heteroatoms. The number of alkyl halides is 1. The molecule has 1 amide bonds. The van der Waals surface area contributed by atoms with Gasteiger partial charge in [0.1, 0.15) is 41.1 Å². The normalized spacial score (nSPS) is 21.9. The number of ether oxygens (including phenoxy) is 2. The molecule has 0 saturated carbocycles. The van der Waals surface area contributed by atoms with Crippen LogP contribution in [0, 0.1) is 0 Å². The van der Waals surface area contributed by atoms with Crippen molar-refractivity contribution in [2.24, 2.45) is 0 Å². The molecule has 3 fully saturated rings. The zero-order chi connectivity index (χ0) is 32.7. The van der Waals surface area contributed by atoms with Crippen molar-refractivity contribution in [1.29, 1.82) is 0 Å². The van der Waals surface area contributed by atoms with Crippen LogP contribution in [0.4, 0.5) is 15.0 Å². The first kappa shape index (κ1) is 31.3. The van der Waals surface area contributed by atoms with E-state index < -0.39 is 17.8 Å². The Labute approximate surface area is 274 Å². The van der Waals surface area contributed by atoms with E-state index in [1.54, 1.807) is 9.58 Å². The van der Waals surface area contributed by atoms with Crippen LogP contribution in [-0.2, 0) is 4.74 Å². The third-order valence-corrected chi connectivity index (χ3v) is 9.52. The summed E-state index contributed by atoms with van der Waals surface area (Å²) in [4.78, 5) is 27.6. The number of fused-ring (bicyclic) bond motifs is 1. The number of likely N-dealkylation sites (tertiary alicyclic amines) is 3. The molecule has 0 aliphatic carbocycles. The fourth-order valence-electron chi connectivity index (χ4n) is 7.04. The minimum Gasteiger partial charge on any atom is -0.457 e. The van der Waals surface area contributed by atoms with Gasteiger partial charge in [0, 0.05) is 56.9 Å². The van der Waals surface area contributed by atoms with Crippen LogP contribution >= 0.6 is 0 Å². The van der Waals surface area contributed by atoms with Crippen LogP contribution in [0.5, 0.6) is 11.5 Å². The number of carbonyl (C=O) groups is 1. The number of amides is 1. The largest absolute Gasteiger partial charge is 0.457 e. The van der Waals surface area contributed by atoms with Crippen molar-refractivity contribution >= 4 is 22.9 Å². The fraction of sp³-hybridized carbons (Fsp3) is 0.486. The van der Waals surface area contributed by atoms with Gasteiger partial charge in [-0.05, 0) is 76.4 Å². The minimum atomic E-state index is -1.11. The van der Waals surface area contributed by atoms with Gasteiger partial charge in [-0.15, -0.1) is 0 Å². The first-order valence-electron chi connectivity index (χ1n) is 16.5. The lowest BCUT2D eigenvalue weighted by Crippen LogP contribution is -2.63. The molecule has 2 atom stereocenters. The van der Waals surface area contributed by atoms with Crippen molar-refractivity contribution in [3.05, 3.63) is 60.9 Å². The van der Waals surface area contributed by atoms with E-state index in [4.69, 9.17) is 20.3 Å². The highest BCUT2D eigenvalue weighted by Gasteiger charge is 2.41. The highest BCUT2D eigenvalue weighted by molar-refractivity contribution is 5.98. The van der Waals surface area contributed by atoms with Crippen LogP contribution in [0.3, 0.4) is 0 Å². The van der Waals surface area contributed by atoms with E-state index in [1.165, 1.54) is 6.33 Å². The van der Waals surface area contributed by atoms with Gasteiger partial charge in [0.25, 0.3) is 0 Å². The molecule has 2 N–H and O–H groups in total. The van der Waals surface area contributed by atoms with Gasteiger partial charge in [-0.1, -0.05) is 18.2 Å². The molecule has 0 spiro atoms. The smallest absolute Gasteiger partial charge is 0.410 e. The molecule has 2 aromatic carbocycles. The lowest BCUT2D eigenvalue weighted by atomic mass is 9.95. The Hall–Kier alpha value is -4.29. The fourth-order valence-corrected chi connectivity index (χ4v) is 7.04. The molecule has 3 saturated heterocycles. The zero-order valence-electron chi connectivity index (χ0n) is 27.3. The molecule has 0 radical (unpaired) electrons. The Balaban J connectivity index is 0.985. The Morgan fingerprint density at radius 3 is 2.23 bits per heavy atom. The molecule has 3 aliphatic heterocycles. The van der Waals surface area contributed by atoms with Crippen LogP contribution in [-0.4, -0.2) is 104 Å². The van der Waals surface area contributed by atoms with Gasteiger partial charge >= 0.3 is 6.09 Å². The van der Waals surface area contributed by atoms with Gasteiger partial charge in [0.2, 0.25) is 0 Å². The van der Waals surface area contributed by atoms with Crippen molar-refractivity contribution in [3.8, 4) is 22.8 Å². The number of benzene rings is 2. The van der Waals surface area contributed by atoms with E-state index in [2.05, 4.69) is 19.8 Å². The third-order valence-electron chi connectivity index (χ3n) is 9.52. The molecule has 47 heavy (non-hydrogen) atoms. The number of piperidine rings is 2. The maximum Gasteiger partial charge on any atom is 0.410 e. The number of hydrogen-bond donors (Lipinski definition) is 1. The van der Waals surface area contributed by atoms with Crippen LogP contribution in [0.1, 0.15) is 46.1 Å². The Bertz CT molecular complexity index is 1700. The lowest BCUT2D eigenvalue weighted by Gasteiger charge is -2.49. The molecule has 11 nitrogen and oxygen atoms in total. The summed E-state index contributed by atoms with van der Waals surface area (Å²) in [6, 6.07) is 17.5. The number of anilines is 1. The van der Waals surface area contributed by atoms with Crippen molar-refractivity contribution < 1.29 is 18.7 Å². The molecule has 3 aliphatic rings. The summed E-state index contributed by atoms with van der Waals surface area (Å²) in [5, 5.41) is 5.55. The number of nitrogens with zero attached hydrogens (tertiary/aromatic N) is 7. The van der Waals surface area contributed by atoms with Gasteiger partial charge in [-0.25, -0.2) is 23.8 Å². The third kappa shape index (κ3) is 6.62. The quantitative estimate of drug-likeness (QED) is 0.290. The maximum absolute atomic E-state index is 16.1. The van der Waals surface area contributed by atoms with Crippen molar-refractivity contribution in [2.45, 2.75) is 69.9 Å². The van der Waals surface area contributed by atoms with Crippen LogP contribution < -0.4 is 10.5 Å². The predicted octanol–water partition coefficient (Wildman–Crippen LogP) is 5.54. The molecule has 2 aromatic heterocycles. The van der Waals surface area contributed by atoms with Gasteiger partial charge in [0.05, 0.1) is 11.4 Å². The van der Waals surface area contributed by atoms with E-state index in [9.17, 15) is 4.79 Å². The number of hydrogen-bond acceptors (Lipinski definition) is 9. The minimum absolute atomic E-state index is 0.238. The van der Waals surface area contributed by atoms with Gasteiger partial charge in [0.15, 0.2) is 5.65 Å². The molecular formula is C35H43FN8O3. The number of aromatic nitrogens is 4. The summed E-state index contributed by atoms with van der Waals surface area (Å²) in [6.07, 6.45) is 2.68. The molecule has 7 rings (SSSR count). The number of rotatable bonds is 6. The first-order valence-corrected chi connectivity index (χ1v) is 16.5. The van der Waals surface area contributed by atoms with Crippen molar-refractivity contribution in [3.63, 3.8) is 0 Å². The average Bonchev–Trinajstić information content (AvgIpc) is 3.41. The molecule has 5 heterocycles. The molecule has 0 bridgehead atoms. The Kier molecular flexibility index (Phi) is 8.48. The summed E-state index contributed by atoms with van der Waals surface area (Å²) in [6.45, 7) is 10.1. The summed E-state index contributed by atoms with van der Waals surface area (Å²) in [5.74, 6) is 1.77. The predicted molar refractivity (Wildman–Crippen MR) is 178 cm³/mol.